The van der Waals surface area contributed by atoms with Gasteiger partial charge in [-0.1, -0.05) is 62.4 Å². The molecule has 2 unspecified atom stereocenters. The molecule has 2 atom stereocenters. The van der Waals surface area contributed by atoms with Crippen molar-refractivity contribution < 1.29 is 14.4 Å². The third-order valence-electron chi connectivity index (χ3n) is 4.21. The Kier molecular flexibility index (Phi) is 7.11. The van der Waals surface area contributed by atoms with Crippen LogP contribution in [0.25, 0.3) is 0 Å². The zero-order valence-electron chi connectivity index (χ0n) is 15.5. The quantitative estimate of drug-likeness (QED) is 0.661. The minimum Gasteiger partial charge on any atom is -0.368 e. The maximum Gasteiger partial charge on any atom is 0.251 e. The summed E-state index contributed by atoms with van der Waals surface area (Å²) in [5.41, 5.74) is 6.81. The number of carbonyl (C=O) groups is 3. The molecule has 6 heteroatoms. The van der Waals surface area contributed by atoms with Gasteiger partial charge in [0.15, 0.2) is 0 Å². The van der Waals surface area contributed by atoms with E-state index in [1.165, 1.54) is 0 Å². The van der Waals surface area contributed by atoms with Crippen molar-refractivity contribution in [1.29, 1.82) is 0 Å². The molecule has 0 heterocycles. The molecule has 0 saturated heterocycles. The number of carbonyl (C=O) groups excluding carboxylic acids is 3. The smallest absolute Gasteiger partial charge is 0.251 e. The van der Waals surface area contributed by atoms with Crippen LogP contribution in [0.2, 0.25) is 0 Å². The van der Waals surface area contributed by atoms with Gasteiger partial charge in [0.2, 0.25) is 11.8 Å². The number of nitrogens with one attached hydrogen (secondary N) is 2. The third kappa shape index (κ3) is 5.95. The van der Waals surface area contributed by atoms with Crippen LogP contribution in [-0.4, -0.2) is 29.8 Å². The molecule has 4 N–H and O–H groups in total. The van der Waals surface area contributed by atoms with Crippen LogP contribution in [0.4, 0.5) is 0 Å². The molecule has 6 nitrogen and oxygen atoms in total. The van der Waals surface area contributed by atoms with Crippen LogP contribution >= 0.6 is 0 Å². The van der Waals surface area contributed by atoms with Crippen molar-refractivity contribution in [2.75, 3.05) is 0 Å². The molecule has 0 bridgehead atoms. The molecule has 0 aliphatic rings. The Bertz CT molecular complexity index is 776. The molecule has 0 spiro atoms. The van der Waals surface area contributed by atoms with Gasteiger partial charge in [-0.3, -0.25) is 14.4 Å². The van der Waals surface area contributed by atoms with E-state index in [-0.39, 0.29) is 11.8 Å². The van der Waals surface area contributed by atoms with Crippen LogP contribution in [0.3, 0.4) is 0 Å². The lowest BCUT2D eigenvalue weighted by molar-refractivity contribution is -0.129. The van der Waals surface area contributed by atoms with E-state index in [2.05, 4.69) is 10.6 Å². The second-order valence-corrected chi connectivity index (χ2v) is 6.71. The maximum atomic E-state index is 12.7. The van der Waals surface area contributed by atoms with Gasteiger partial charge in [0.25, 0.3) is 5.91 Å². The highest BCUT2D eigenvalue weighted by atomic mass is 16.2. The highest BCUT2D eigenvalue weighted by Gasteiger charge is 2.28. The van der Waals surface area contributed by atoms with Crippen LogP contribution in [0.15, 0.2) is 60.7 Å². The Labute approximate surface area is 159 Å². The van der Waals surface area contributed by atoms with E-state index in [0.29, 0.717) is 12.0 Å². The zero-order valence-corrected chi connectivity index (χ0v) is 15.5. The molecule has 2 aromatic rings. The van der Waals surface area contributed by atoms with Crippen LogP contribution in [0.5, 0.6) is 0 Å². The van der Waals surface area contributed by atoms with E-state index in [0.717, 1.165) is 5.56 Å². The molecule has 2 rings (SSSR count). The Hall–Kier alpha value is -3.15. The van der Waals surface area contributed by atoms with Gasteiger partial charge in [-0.25, -0.2) is 0 Å². The number of nitrogens with two attached hydrogens (primary N) is 1. The molecule has 0 fully saturated rings. The standard InChI is InChI=1S/C21H25N3O3/c1-14(2)18(24-20(26)16-11-7-4-8-12-16)21(27)23-17(19(22)25)13-15-9-5-3-6-10-15/h3-12,14,17-18H,13H2,1-2H3,(H2,22,25)(H,23,27)(H,24,26). The van der Waals surface area contributed by atoms with Gasteiger partial charge < -0.3 is 16.4 Å². The van der Waals surface area contributed by atoms with Crippen molar-refractivity contribution >= 4 is 17.7 Å². The summed E-state index contributed by atoms with van der Waals surface area (Å²) in [6, 6.07) is 16.3. The summed E-state index contributed by atoms with van der Waals surface area (Å²) in [4.78, 5) is 36.9. The second-order valence-electron chi connectivity index (χ2n) is 6.71. The number of hydrogen-bond acceptors (Lipinski definition) is 3. The number of hydrogen-bond donors (Lipinski definition) is 3. The Morgan fingerprint density at radius 1 is 0.889 bits per heavy atom. The molecule has 0 aliphatic carbocycles. The first-order chi connectivity index (χ1) is 12.9. The average molecular weight is 367 g/mol. The third-order valence-corrected chi connectivity index (χ3v) is 4.21. The summed E-state index contributed by atoms with van der Waals surface area (Å²) in [7, 11) is 0. The first kappa shape index (κ1) is 20.2. The van der Waals surface area contributed by atoms with E-state index in [1.54, 1.807) is 24.3 Å². The topological polar surface area (TPSA) is 101 Å². The number of amides is 3. The molecular weight excluding hydrogens is 342 g/mol. The van der Waals surface area contributed by atoms with Gasteiger partial charge >= 0.3 is 0 Å². The summed E-state index contributed by atoms with van der Waals surface area (Å²) in [6.45, 7) is 3.65. The first-order valence-electron chi connectivity index (χ1n) is 8.88. The molecular formula is C21H25N3O3. The van der Waals surface area contributed by atoms with E-state index < -0.39 is 23.9 Å². The molecule has 142 valence electrons. The summed E-state index contributed by atoms with van der Waals surface area (Å²) >= 11 is 0. The highest BCUT2D eigenvalue weighted by Crippen LogP contribution is 2.08. The first-order valence-corrected chi connectivity index (χ1v) is 8.88. The largest absolute Gasteiger partial charge is 0.368 e. The predicted octanol–water partition coefficient (Wildman–Crippen LogP) is 1.65. The molecule has 0 aromatic heterocycles. The maximum absolute atomic E-state index is 12.7. The zero-order chi connectivity index (χ0) is 19.8. The van der Waals surface area contributed by atoms with Gasteiger partial charge in [0.1, 0.15) is 12.1 Å². The molecule has 0 radical (unpaired) electrons. The lowest BCUT2D eigenvalue weighted by atomic mass is 10.0. The van der Waals surface area contributed by atoms with Crippen molar-refractivity contribution in [1.82, 2.24) is 10.6 Å². The summed E-state index contributed by atoms with van der Waals surface area (Å²) in [5.74, 6) is -1.57. The predicted molar refractivity (Wildman–Crippen MR) is 104 cm³/mol. The van der Waals surface area contributed by atoms with Crippen LogP contribution in [0.1, 0.15) is 29.8 Å². The summed E-state index contributed by atoms with van der Waals surface area (Å²) in [6.07, 6.45) is 0.291. The average Bonchev–Trinajstić information content (AvgIpc) is 2.66. The molecule has 0 aliphatic heterocycles. The van der Waals surface area contributed by atoms with Crippen LogP contribution in [0, 0.1) is 5.92 Å². The minimum absolute atomic E-state index is 0.164. The van der Waals surface area contributed by atoms with Crippen LogP contribution < -0.4 is 16.4 Å². The fraction of sp³-hybridized carbons (Fsp3) is 0.286. The van der Waals surface area contributed by atoms with E-state index in [1.807, 2.05) is 50.2 Å². The molecule has 3 amide bonds. The van der Waals surface area contributed by atoms with Crippen LogP contribution in [-0.2, 0) is 16.0 Å². The van der Waals surface area contributed by atoms with Gasteiger partial charge in [-0.2, -0.15) is 0 Å². The number of primary amides is 1. The van der Waals surface area contributed by atoms with E-state index in [9.17, 15) is 14.4 Å². The Balaban J connectivity index is 2.08. The fourth-order valence-corrected chi connectivity index (χ4v) is 2.68. The molecule has 27 heavy (non-hydrogen) atoms. The van der Waals surface area contributed by atoms with Gasteiger partial charge in [-0.15, -0.1) is 0 Å². The van der Waals surface area contributed by atoms with Gasteiger partial charge in [-0.05, 0) is 23.6 Å². The minimum atomic E-state index is -0.852. The van der Waals surface area contributed by atoms with Gasteiger partial charge in [0, 0.05) is 12.0 Å². The van der Waals surface area contributed by atoms with Gasteiger partial charge in [0.05, 0.1) is 0 Å². The molecule has 0 saturated carbocycles. The Morgan fingerprint density at radius 2 is 1.44 bits per heavy atom. The van der Waals surface area contributed by atoms with E-state index >= 15 is 0 Å². The number of benzene rings is 2. The van der Waals surface area contributed by atoms with Crippen molar-refractivity contribution in [3.05, 3.63) is 71.8 Å². The Morgan fingerprint density at radius 3 is 1.96 bits per heavy atom. The normalized spacial score (nSPS) is 12.9. The fourth-order valence-electron chi connectivity index (χ4n) is 2.68. The molecule has 2 aromatic carbocycles. The van der Waals surface area contributed by atoms with Crippen molar-refractivity contribution in [3.63, 3.8) is 0 Å². The summed E-state index contributed by atoms with van der Waals surface area (Å²) < 4.78 is 0. The SMILES string of the molecule is CC(C)C(NC(=O)c1ccccc1)C(=O)NC(Cc1ccccc1)C(N)=O. The van der Waals surface area contributed by atoms with Crippen molar-refractivity contribution in [3.8, 4) is 0 Å². The van der Waals surface area contributed by atoms with E-state index in [4.69, 9.17) is 5.73 Å². The number of rotatable bonds is 8. The lowest BCUT2D eigenvalue weighted by Gasteiger charge is -2.24. The van der Waals surface area contributed by atoms with Crippen molar-refractivity contribution in [2.24, 2.45) is 11.7 Å². The summed E-state index contributed by atoms with van der Waals surface area (Å²) in [5, 5.41) is 5.41. The highest BCUT2D eigenvalue weighted by molar-refractivity contribution is 5.98. The second kappa shape index (κ2) is 9.52. The lowest BCUT2D eigenvalue weighted by Crippen LogP contribution is -2.55. The monoisotopic (exact) mass is 367 g/mol. The van der Waals surface area contributed by atoms with Crippen molar-refractivity contribution in [2.45, 2.75) is 32.4 Å².